The van der Waals surface area contributed by atoms with Gasteiger partial charge in [-0.05, 0) is 98.0 Å². The number of carbonyl (C=O) groups excluding carboxylic acids is 15. The molecule has 7 aromatic rings. The summed E-state index contributed by atoms with van der Waals surface area (Å²) < 4.78 is 2.21. The van der Waals surface area contributed by atoms with Crippen molar-refractivity contribution in [3.8, 4) is 5.75 Å². The van der Waals surface area contributed by atoms with E-state index in [0.717, 1.165) is 36.1 Å². The Kier molecular flexibility index (Phi) is 35.5. The number of benzene rings is 4. The third-order valence-electron chi connectivity index (χ3n) is 23.4. The van der Waals surface area contributed by atoms with Crippen molar-refractivity contribution < 1.29 is 92.0 Å². The van der Waals surface area contributed by atoms with E-state index in [9.17, 15) is 77.6 Å². The molecule has 0 bridgehead atoms. The first-order valence-electron chi connectivity index (χ1n) is 43.6. The predicted molar refractivity (Wildman–Crippen MR) is 485 cm³/mol. The van der Waals surface area contributed by atoms with Gasteiger partial charge < -0.3 is 114 Å². The van der Waals surface area contributed by atoms with Crippen LogP contribution >= 0.6 is 23.1 Å². The smallest absolute Gasteiger partial charge is 0.323 e. The zero-order chi connectivity index (χ0) is 94.3. The summed E-state index contributed by atoms with van der Waals surface area (Å²) in [5.41, 5.74) is 15.4. The number of hydrogen-bond acceptors (Lipinski definition) is 23. The number of carboxylic acids is 1. The average Bonchev–Trinajstić information content (AvgIpc) is 1.63. The monoisotopic (exact) mass is 1830 g/mol. The Hall–Kier alpha value is -12.8. The van der Waals surface area contributed by atoms with Crippen molar-refractivity contribution in [2.75, 3.05) is 70.7 Å². The second-order valence-electron chi connectivity index (χ2n) is 33.5. The molecule has 4 aromatic carbocycles. The zero-order valence-electron chi connectivity index (χ0n) is 74.0. The lowest BCUT2D eigenvalue weighted by Gasteiger charge is -2.36. The van der Waals surface area contributed by atoms with E-state index in [2.05, 4.69) is 63.1 Å². The van der Waals surface area contributed by atoms with Crippen molar-refractivity contribution in [3.63, 3.8) is 0 Å². The number of aromatic hydroxyl groups is 1. The molecule has 3 aliphatic heterocycles. The van der Waals surface area contributed by atoms with Gasteiger partial charge in [-0.3, -0.25) is 76.7 Å². The second kappa shape index (κ2) is 46.5. The van der Waals surface area contributed by atoms with Gasteiger partial charge in [-0.2, -0.15) is 11.8 Å². The molecule has 0 radical (unpaired) electrons. The number of aliphatic hydroxyl groups is 1. The number of aliphatic carboxylic acids is 1. The van der Waals surface area contributed by atoms with E-state index >= 15 is 14.4 Å². The maximum atomic E-state index is 15.7. The Morgan fingerprint density at radius 3 is 1.93 bits per heavy atom. The quantitative estimate of drug-likeness (QED) is 0.0471. The van der Waals surface area contributed by atoms with Crippen LogP contribution in [0, 0.1) is 5.92 Å². The number of H-pyrrole nitrogens is 1. The van der Waals surface area contributed by atoms with E-state index < -0.39 is 199 Å². The van der Waals surface area contributed by atoms with E-state index in [4.69, 9.17) is 11.5 Å². The number of aromatic nitrogens is 3. The first kappa shape index (κ1) is 99.4. The fourth-order valence-corrected chi connectivity index (χ4v) is 17.8. The Balaban J connectivity index is 0.976. The van der Waals surface area contributed by atoms with Gasteiger partial charge in [-0.25, -0.2) is 4.98 Å². The average molecular weight is 1840 g/mol. The van der Waals surface area contributed by atoms with E-state index in [1.54, 1.807) is 72.9 Å². The highest BCUT2D eigenvalue weighted by Gasteiger charge is 2.45. The highest BCUT2D eigenvalue weighted by molar-refractivity contribution is 7.99. The van der Waals surface area contributed by atoms with Crippen molar-refractivity contribution in [1.29, 1.82) is 0 Å². The largest absolute Gasteiger partial charge is 0.508 e. The van der Waals surface area contributed by atoms with Gasteiger partial charge in [0.1, 0.15) is 78.8 Å². The molecule has 3 aliphatic rings. The lowest BCUT2D eigenvalue weighted by molar-refractivity contribution is -0.149. The van der Waals surface area contributed by atoms with Crippen LogP contribution in [0.25, 0.3) is 32.0 Å². The minimum Gasteiger partial charge on any atom is -0.508 e. The van der Waals surface area contributed by atoms with Crippen LogP contribution in [0.1, 0.15) is 122 Å². The van der Waals surface area contributed by atoms with Gasteiger partial charge in [-0.15, -0.1) is 0 Å². The number of rotatable bonds is 21. The fraction of sp³-hybridized carbons (Fsp3) is 0.494. The highest BCUT2D eigenvalue weighted by Crippen LogP contribution is 2.30. The summed E-state index contributed by atoms with van der Waals surface area (Å²) in [6.45, 7) is 6.48. The van der Waals surface area contributed by atoms with E-state index in [1.807, 2.05) is 33.8 Å². The number of likely N-dealkylation sites (N-methyl/N-ethyl adjacent to an activating group) is 3. The Morgan fingerprint density at radius 2 is 1.23 bits per heavy atom. The van der Waals surface area contributed by atoms with Gasteiger partial charge in [0.15, 0.2) is 11.3 Å². The second-order valence-corrected chi connectivity index (χ2v) is 35.6. The first-order valence-corrected chi connectivity index (χ1v) is 45.6. The van der Waals surface area contributed by atoms with Gasteiger partial charge in [0.2, 0.25) is 82.7 Å². The number of carboxylic acid groups (broad SMARTS) is 1. The number of amides is 15. The lowest BCUT2D eigenvalue weighted by atomic mass is 9.99. The van der Waals surface area contributed by atoms with Crippen LogP contribution in [0.4, 0.5) is 5.13 Å². The van der Waals surface area contributed by atoms with Gasteiger partial charge in [0.05, 0.1) is 35.0 Å². The zero-order valence-corrected chi connectivity index (χ0v) is 75.6. The molecule has 10 rings (SSSR count). The minimum atomic E-state index is -2.02. The summed E-state index contributed by atoms with van der Waals surface area (Å²) in [6, 6.07) is 10.8. The van der Waals surface area contributed by atoms with Gasteiger partial charge in [-0.1, -0.05) is 125 Å². The van der Waals surface area contributed by atoms with Crippen LogP contribution in [0.5, 0.6) is 5.75 Å². The number of anilines is 1. The molecule has 0 aliphatic carbocycles. The number of thioether (sulfide) groups is 1. The number of aliphatic hydroxyl groups excluding tert-OH is 1. The number of carbonyl (C=O) groups is 16. The molecule has 3 aromatic heterocycles. The van der Waals surface area contributed by atoms with Crippen LogP contribution in [-0.2, 0) is 103 Å². The number of phenols is 1. The molecular weight excluding hydrogens is 1720 g/mol. The summed E-state index contributed by atoms with van der Waals surface area (Å²) in [4.78, 5) is 246. The molecular formula is C89H118N20O19S2. The normalized spacial score (nSPS) is 24.2. The topological polar surface area (TPSA) is 556 Å². The van der Waals surface area contributed by atoms with Crippen LogP contribution in [-0.4, -0.2) is 293 Å². The molecule has 18 N–H and O–H groups in total. The number of nitrogens with two attached hydrogens (primary N) is 2. The minimum absolute atomic E-state index is 0.00755. The number of primary amides is 1. The summed E-state index contributed by atoms with van der Waals surface area (Å²) in [5, 5.41) is 60.1. The third-order valence-corrected chi connectivity index (χ3v) is 25.4. The molecule has 0 spiro atoms. The number of aromatic amines is 1. The van der Waals surface area contributed by atoms with Crippen LogP contribution in [0.2, 0.25) is 0 Å². The highest BCUT2D eigenvalue weighted by atomic mass is 32.2. The summed E-state index contributed by atoms with van der Waals surface area (Å²) in [7, 11) is 4.05. The Morgan fingerprint density at radius 1 is 0.615 bits per heavy atom. The lowest BCUT2D eigenvalue weighted by Crippen LogP contribution is -2.62. The molecule has 700 valence electrons. The summed E-state index contributed by atoms with van der Waals surface area (Å²) in [6.07, 6.45) is 0.190. The predicted octanol–water partition coefficient (Wildman–Crippen LogP) is 0.707. The summed E-state index contributed by atoms with van der Waals surface area (Å²) >= 11 is 2.31. The molecule has 0 saturated carbocycles. The molecule has 13 atom stereocenters. The van der Waals surface area contributed by atoms with Crippen molar-refractivity contribution in [2.24, 2.45) is 17.4 Å². The molecule has 3 fully saturated rings. The molecule has 39 nitrogen and oxygen atoms in total. The number of nitrogens with zero attached hydrogens (tertiary/aromatic N) is 7. The first-order chi connectivity index (χ1) is 62.0. The fourth-order valence-electron chi connectivity index (χ4n) is 16.3. The van der Waals surface area contributed by atoms with Crippen LogP contribution < -0.4 is 64.6 Å². The Labute approximate surface area is 759 Å². The number of fused-ring (bicyclic) bond motifs is 5. The van der Waals surface area contributed by atoms with Crippen molar-refractivity contribution in [1.82, 2.24) is 86.9 Å². The Bertz CT molecular complexity index is 5240. The van der Waals surface area contributed by atoms with E-state index in [1.165, 1.54) is 79.3 Å². The number of unbranched alkanes of at least 4 members (excludes halogenated alkanes) is 2. The van der Waals surface area contributed by atoms with Gasteiger partial charge in [0.25, 0.3) is 5.91 Å². The molecule has 3 saturated heterocycles. The van der Waals surface area contributed by atoms with Crippen LogP contribution in [0.15, 0.2) is 109 Å². The SMILES string of the molecule is CCCC[C@H]1C(=O)N(C)[C@@H](CCCC)C(=O)N[C@@H](CC(C)C)C(=O)NCCSCC(=O)N[C@@H](Cc2ccc(O)cc2)C(=O)N(C)[C@@H](C)C(=O)N[C@@H](CC(N)=O)C(=O)N2CCCC2C(=O)N[C@@H](CNc2nc3ccccc3s2)C(=O)NCC(=O)N2C[C@H](O)CC2C(=O)N[C@@H](Cc2c[nH]c3ccccc23)C(=O)NC(N)C(=O)N[C@@H](Cc2cn(CC(=O)O)c3ccccc23)C(=O)N1C. The number of phenolic OH excluding ortho intramolecular Hbond substituents is 1. The van der Waals surface area contributed by atoms with E-state index in [-0.39, 0.29) is 101 Å². The maximum absolute atomic E-state index is 15.7. The molecule has 6 heterocycles. The maximum Gasteiger partial charge on any atom is 0.323 e. The summed E-state index contributed by atoms with van der Waals surface area (Å²) in [5.74, 6) is -14.7. The number of nitrogens with one attached hydrogen (secondary N) is 11. The van der Waals surface area contributed by atoms with Crippen molar-refractivity contribution >= 4 is 155 Å². The van der Waals surface area contributed by atoms with Crippen LogP contribution in [0.3, 0.4) is 0 Å². The third kappa shape index (κ3) is 26.3. The number of hydrogen-bond donors (Lipinski definition) is 16. The molecule has 3 unspecified atom stereocenters. The van der Waals surface area contributed by atoms with Crippen molar-refractivity contribution in [2.45, 2.75) is 210 Å². The number of para-hydroxylation sites is 3. The molecule has 41 heteroatoms. The van der Waals surface area contributed by atoms with Gasteiger partial charge in [0, 0.05) is 113 Å². The molecule has 130 heavy (non-hydrogen) atoms. The standard InChI is InChI=1S/C89H118N20O19S2/c1-9-11-24-67-81(121)97-60(36-49(3)4)78(118)92-33-35-129-48-73(113)96-62(37-51-29-31-54(110)32-30-51)85(125)104(6)50(5)77(117)99-64(41-72(90)112)87(127)108-34-19-27-68(108)82(122)101-65(43-95-89-102-59-23-16-18-28-71(59)130-89)79(119)94-44-74(114)109-46-55(111)40-70(109)83(123)98-61(38-52-42-93-58-22-15-13-20-56(52)58)80(120)103-76(91)84(124)100-63(86(126)106(8)69(25-12-10-2)88(128)105(67)7)39-53-45-107(47-75(115)116)66-26-17-14-21-57(53)66/h13-18,20-23,26,28-32,42,45,49-50,55,60-65,67-70,76,93,110-111H,9-12,19,24-25,27,33-41,43-44,46-48,91H2,1-8H3,(H2,90,112)(H,92,118)(H,94,119)(H,95,102)(H,96,113)(H,97,121)(H,98,123)(H,99,117)(H,100,124)(H,101,122)(H,103,120)(H,115,116)/t50-,55+,60-,61-,62-,63-,64-,65-,67-,68?,69-,70?,76?/m0/s1. The number of thiazole rings is 1. The van der Waals surface area contributed by atoms with E-state index in [0.29, 0.717) is 74.8 Å². The molecule has 15 amide bonds. The van der Waals surface area contributed by atoms with Gasteiger partial charge >= 0.3 is 5.97 Å². The van der Waals surface area contributed by atoms with Crippen molar-refractivity contribution in [3.05, 3.63) is 126 Å².